The van der Waals surface area contributed by atoms with E-state index in [0.717, 1.165) is 5.56 Å². The van der Waals surface area contributed by atoms with Gasteiger partial charge in [-0.25, -0.2) is 9.78 Å². The monoisotopic (exact) mass is 473 g/mol. The molecule has 33 heavy (non-hydrogen) atoms. The summed E-state index contributed by atoms with van der Waals surface area (Å²) in [5, 5.41) is 5.64. The molecule has 0 unspecified atom stereocenters. The van der Waals surface area contributed by atoms with Crippen LogP contribution in [-0.4, -0.2) is 46.2 Å². The van der Waals surface area contributed by atoms with E-state index >= 15 is 0 Å². The molecule has 0 saturated carbocycles. The third-order valence-corrected chi connectivity index (χ3v) is 8.10. The van der Waals surface area contributed by atoms with Crippen LogP contribution in [0.2, 0.25) is 6.04 Å². The molecule has 0 fully saturated rings. The lowest BCUT2D eigenvalue weighted by Gasteiger charge is -2.28. The average molecular weight is 474 g/mol. The molecule has 10 heteroatoms. The molecule has 0 spiro atoms. The number of carbonyl (C=O) groups is 1. The van der Waals surface area contributed by atoms with Crippen LogP contribution in [0.4, 0.5) is 10.5 Å². The highest BCUT2D eigenvalue weighted by atomic mass is 28.4. The predicted molar refractivity (Wildman–Crippen MR) is 129 cm³/mol. The zero-order valence-electron chi connectivity index (χ0n) is 19.5. The molecular weight excluding hydrogens is 442 g/mol. The van der Waals surface area contributed by atoms with E-state index in [4.69, 9.17) is 17.7 Å². The summed E-state index contributed by atoms with van der Waals surface area (Å²) < 4.78 is 23.4. The fourth-order valence-electron chi connectivity index (χ4n) is 3.62. The first-order chi connectivity index (χ1) is 15.9. The summed E-state index contributed by atoms with van der Waals surface area (Å²) in [4.78, 5) is 28.7. The third-order valence-electron chi connectivity index (χ3n) is 4.95. The molecule has 0 atom stereocenters. The van der Waals surface area contributed by atoms with Crippen molar-refractivity contribution in [2.75, 3.05) is 31.7 Å². The molecule has 0 saturated heterocycles. The van der Waals surface area contributed by atoms with Crippen LogP contribution in [0.5, 0.6) is 0 Å². The highest BCUT2D eigenvalue weighted by molar-refractivity contribution is 6.60. The quantitative estimate of drug-likeness (QED) is 0.244. The largest absolute Gasteiger partial charge is 0.500 e. The minimum absolute atomic E-state index is 0.136. The predicted octanol–water partition coefficient (Wildman–Crippen LogP) is 4.16. The standard InChI is InChI=1S/C23H31N3O6Si/c1-5-29-33(30-6-2,31-7-3)12-8-11-24-23(28)25-17-9-10-19-20(14-17)32-21-15-18(27)13-16(4)22(21)26-19/h9-10,13-15H,5-8,11-12H2,1-4H3,(H2,24,25,28). The SMILES string of the molecule is CCO[Si](CCCNC(=O)Nc1ccc2nc3c(C)cc(=O)cc-3oc2c1)(OCC)OCC. The minimum Gasteiger partial charge on any atom is -0.453 e. The van der Waals surface area contributed by atoms with E-state index in [0.29, 0.717) is 67.1 Å². The van der Waals surface area contributed by atoms with Crippen molar-refractivity contribution in [2.45, 2.75) is 40.2 Å². The molecule has 1 aliphatic heterocycles. The lowest BCUT2D eigenvalue weighted by molar-refractivity contribution is 0.0708. The van der Waals surface area contributed by atoms with E-state index in [2.05, 4.69) is 15.6 Å². The fraction of sp³-hybridized carbons (Fsp3) is 0.435. The Morgan fingerprint density at radius 1 is 1.06 bits per heavy atom. The highest BCUT2D eigenvalue weighted by Gasteiger charge is 2.39. The molecule has 178 valence electrons. The van der Waals surface area contributed by atoms with Gasteiger partial charge in [0, 0.05) is 50.2 Å². The van der Waals surface area contributed by atoms with Gasteiger partial charge in [0.2, 0.25) is 0 Å². The van der Waals surface area contributed by atoms with Crippen molar-refractivity contribution in [3.05, 3.63) is 46.1 Å². The Morgan fingerprint density at radius 2 is 1.76 bits per heavy atom. The number of anilines is 1. The number of urea groups is 1. The number of nitrogens with zero attached hydrogens (tertiary/aromatic N) is 1. The number of aromatic nitrogens is 1. The lowest BCUT2D eigenvalue weighted by atomic mass is 10.1. The van der Waals surface area contributed by atoms with Crippen molar-refractivity contribution in [1.29, 1.82) is 0 Å². The van der Waals surface area contributed by atoms with Crippen molar-refractivity contribution in [3.8, 4) is 11.5 Å². The number of hydrogen-bond acceptors (Lipinski definition) is 7. The number of rotatable bonds is 11. The van der Waals surface area contributed by atoms with Crippen LogP contribution in [0, 0.1) is 6.92 Å². The van der Waals surface area contributed by atoms with Gasteiger partial charge in [0.25, 0.3) is 0 Å². The second-order valence-corrected chi connectivity index (χ2v) is 10.2. The lowest BCUT2D eigenvalue weighted by Crippen LogP contribution is -2.46. The van der Waals surface area contributed by atoms with Gasteiger partial charge >= 0.3 is 14.8 Å². The van der Waals surface area contributed by atoms with E-state index in [-0.39, 0.29) is 11.5 Å². The van der Waals surface area contributed by atoms with Crippen LogP contribution in [0.15, 0.2) is 39.5 Å². The summed E-state index contributed by atoms with van der Waals surface area (Å²) in [6.45, 7) is 9.58. The van der Waals surface area contributed by atoms with Gasteiger partial charge in [-0.2, -0.15) is 0 Å². The second kappa shape index (κ2) is 11.4. The molecule has 1 aliphatic carbocycles. The van der Waals surface area contributed by atoms with Gasteiger partial charge in [0.05, 0.1) is 0 Å². The van der Waals surface area contributed by atoms with E-state index in [9.17, 15) is 9.59 Å². The van der Waals surface area contributed by atoms with Gasteiger partial charge in [-0.15, -0.1) is 0 Å². The zero-order chi connectivity index (χ0) is 23.8. The molecule has 0 radical (unpaired) electrons. The normalized spacial score (nSPS) is 11.8. The van der Waals surface area contributed by atoms with Crippen molar-refractivity contribution in [1.82, 2.24) is 10.3 Å². The first-order valence-electron chi connectivity index (χ1n) is 11.2. The average Bonchev–Trinajstić information content (AvgIpc) is 2.76. The Bertz CT molecular complexity index is 1100. The van der Waals surface area contributed by atoms with Crippen molar-refractivity contribution in [2.24, 2.45) is 0 Å². The Kier molecular flexibility index (Phi) is 8.56. The number of hydrogen-bond donors (Lipinski definition) is 2. The summed E-state index contributed by atoms with van der Waals surface area (Å²) in [5.74, 6) is 0.416. The smallest absolute Gasteiger partial charge is 0.453 e. The van der Waals surface area contributed by atoms with E-state index in [1.807, 2.05) is 27.7 Å². The number of carbonyl (C=O) groups excluding carboxylic acids is 1. The van der Waals surface area contributed by atoms with Crippen molar-refractivity contribution < 1.29 is 22.5 Å². The Morgan fingerprint density at radius 3 is 2.42 bits per heavy atom. The number of benzene rings is 2. The first-order valence-corrected chi connectivity index (χ1v) is 13.1. The molecule has 3 rings (SSSR count). The molecule has 1 aromatic rings. The fourth-order valence-corrected chi connectivity index (χ4v) is 6.24. The second-order valence-electron chi connectivity index (χ2n) is 7.45. The Labute approximate surface area is 194 Å². The summed E-state index contributed by atoms with van der Waals surface area (Å²) in [5.41, 5.74) is 2.94. The van der Waals surface area contributed by atoms with Gasteiger partial charge in [0.15, 0.2) is 16.8 Å². The number of aryl methyl sites for hydroxylation is 1. The van der Waals surface area contributed by atoms with Crippen molar-refractivity contribution in [3.63, 3.8) is 0 Å². The molecule has 0 bridgehead atoms. The van der Waals surface area contributed by atoms with Gasteiger partial charge in [0.1, 0.15) is 11.2 Å². The van der Waals surface area contributed by atoms with Crippen LogP contribution in [-0.2, 0) is 13.3 Å². The van der Waals surface area contributed by atoms with Crippen LogP contribution in [0.3, 0.4) is 0 Å². The van der Waals surface area contributed by atoms with Crippen LogP contribution in [0.25, 0.3) is 22.6 Å². The molecule has 1 aromatic carbocycles. The summed E-state index contributed by atoms with van der Waals surface area (Å²) in [6, 6.07) is 8.44. The number of amides is 2. The van der Waals surface area contributed by atoms with E-state index in [1.165, 1.54) is 12.1 Å². The topological polar surface area (TPSA) is 112 Å². The van der Waals surface area contributed by atoms with E-state index in [1.54, 1.807) is 18.2 Å². The molecule has 2 amide bonds. The molecular formula is C23H31N3O6Si. The van der Waals surface area contributed by atoms with Crippen LogP contribution in [0.1, 0.15) is 32.8 Å². The van der Waals surface area contributed by atoms with E-state index < -0.39 is 8.80 Å². The Hall–Kier alpha value is -2.79. The molecule has 1 heterocycles. The van der Waals surface area contributed by atoms with Gasteiger partial charge in [-0.3, -0.25) is 4.79 Å². The molecule has 2 aliphatic rings. The first kappa shape index (κ1) is 24.8. The van der Waals surface area contributed by atoms with Crippen molar-refractivity contribution >= 4 is 31.6 Å². The molecule has 0 aromatic heterocycles. The maximum atomic E-state index is 12.4. The Balaban J connectivity index is 1.61. The number of nitrogens with one attached hydrogen (secondary N) is 2. The minimum atomic E-state index is -2.72. The summed E-state index contributed by atoms with van der Waals surface area (Å²) in [6.07, 6.45) is 0.666. The maximum Gasteiger partial charge on any atom is 0.500 e. The number of fused-ring (bicyclic) bond motifs is 2. The molecule has 2 N–H and O–H groups in total. The maximum absolute atomic E-state index is 12.4. The highest BCUT2D eigenvalue weighted by Crippen LogP contribution is 2.27. The third kappa shape index (κ3) is 6.38. The van der Waals surface area contributed by atoms with Gasteiger partial charge in [-0.1, -0.05) is 0 Å². The van der Waals surface area contributed by atoms with Crippen LogP contribution < -0.4 is 16.1 Å². The van der Waals surface area contributed by atoms with Gasteiger partial charge in [-0.05, 0) is 57.9 Å². The van der Waals surface area contributed by atoms with Gasteiger partial charge < -0.3 is 28.3 Å². The summed E-state index contributed by atoms with van der Waals surface area (Å²) in [7, 11) is -2.72. The zero-order valence-corrected chi connectivity index (χ0v) is 20.5. The molecule has 9 nitrogen and oxygen atoms in total. The van der Waals surface area contributed by atoms with Crippen LogP contribution >= 0.6 is 0 Å². The summed E-state index contributed by atoms with van der Waals surface area (Å²) >= 11 is 0.